The zero-order valence-electron chi connectivity index (χ0n) is 14.6. The molecule has 2 N–H and O–H groups in total. The van der Waals surface area contributed by atoms with Crippen molar-refractivity contribution in [1.29, 1.82) is 0 Å². The van der Waals surface area contributed by atoms with E-state index in [9.17, 15) is 4.79 Å². The summed E-state index contributed by atoms with van der Waals surface area (Å²) in [5.74, 6) is -0.309. The van der Waals surface area contributed by atoms with Crippen LogP contribution in [0.2, 0.25) is 5.02 Å². The van der Waals surface area contributed by atoms with E-state index in [1.807, 2.05) is 12.1 Å². The van der Waals surface area contributed by atoms with Crippen LogP contribution in [-0.4, -0.2) is 18.2 Å². The summed E-state index contributed by atoms with van der Waals surface area (Å²) in [5, 5.41) is 8.11. The van der Waals surface area contributed by atoms with Gasteiger partial charge in [-0.15, -0.1) is 11.3 Å². The molecule has 0 unspecified atom stereocenters. The van der Waals surface area contributed by atoms with Crippen molar-refractivity contribution in [3.05, 3.63) is 45.3 Å². The lowest BCUT2D eigenvalue weighted by molar-refractivity contribution is 0.0601. The minimum Gasteiger partial charge on any atom is -0.465 e. The monoisotopic (exact) mass is 408 g/mol. The lowest BCUT2D eigenvalue weighted by Gasteiger charge is -2.12. The maximum absolute atomic E-state index is 12.4. The zero-order valence-corrected chi connectivity index (χ0v) is 17.0. The summed E-state index contributed by atoms with van der Waals surface area (Å²) < 4.78 is 5.04. The van der Waals surface area contributed by atoms with Crippen LogP contribution in [-0.2, 0) is 17.6 Å². The number of anilines is 2. The number of hydrogen-bond donors (Lipinski definition) is 2. The number of thiocarbonyl (C=S) groups is 1. The fourth-order valence-electron chi connectivity index (χ4n) is 3.16. The fourth-order valence-corrected chi connectivity index (χ4v) is 4.91. The van der Waals surface area contributed by atoms with Gasteiger partial charge < -0.3 is 15.4 Å². The molecule has 0 aliphatic heterocycles. The zero-order chi connectivity index (χ0) is 18.5. The largest absolute Gasteiger partial charge is 0.465 e. The Hall–Kier alpha value is -1.63. The van der Waals surface area contributed by atoms with Gasteiger partial charge in [-0.2, -0.15) is 0 Å². The molecule has 2 aromatic rings. The Morgan fingerprint density at radius 3 is 2.69 bits per heavy atom. The number of esters is 1. The maximum atomic E-state index is 12.4. The third kappa shape index (κ3) is 4.55. The van der Waals surface area contributed by atoms with E-state index in [1.165, 1.54) is 24.8 Å². The number of methoxy groups -OCH3 is 1. The molecule has 7 heteroatoms. The van der Waals surface area contributed by atoms with Crippen LogP contribution < -0.4 is 10.6 Å². The molecule has 0 amide bonds. The number of fused-ring (bicyclic) bond motifs is 1. The quantitative estimate of drug-likeness (QED) is 0.507. The molecule has 1 aromatic heterocycles. The van der Waals surface area contributed by atoms with E-state index in [0.717, 1.165) is 41.9 Å². The number of nitrogens with one attached hydrogen (secondary N) is 2. The summed E-state index contributed by atoms with van der Waals surface area (Å²) in [7, 11) is 1.42. The van der Waals surface area contributed by atoms with E-state index in [-0.39, 0.29) is 5.97 Å². The number of aryl methyl sites for hydroxylation is 1. The van der Waals surface area contributed by atoms with Crippen LogP contribution in [0.1, 0.15) is 46.5 Å². The van der Waals surface area contributed by atoms with Crippen molar-refractivity contribution in [2.75, 3.05) is 17.7 Å². The summed E-state index contributed by atoms with van der Waals surface area (Å²) in [5.41, 5.74) is 2.55. The van der Waals surface area contributed by atoms with E-state index in [2.05, 4.69) is 10.6 Å². The molecule has 3 rings (SSSR count). The van der Waals surface area contributed by atoms with Gasteiger partial charge in [0.25, 0.3) is 0 Å². The summed E-state index contributed by atoms with van der Waals surface area (Å²) in [6, 6.07) is 7.33. The van der Waals surface area contributed by atoms with Crippen molar-refractivity contribution in [3.8, 4) is 0 Å². The molecular weight excluding hydrogens is 388 g/mol. The van der Waals surface area contributed by atoms with Crippen molar-refractivity contribution in [2.45, 2.75) is 38.5 Å². The van der Waals surface area contributed by atoms with Gasteiger partial charge in [-0.25, -0.2) is 4.79 Å². The number of benzene rings is 1. The van der Waals surface area contributed by atoms with Crippen LogP contribution in [0.3, 0.4) is 0 Å². The van der Waals surface area contributed by atoms with Gasteiger partial charge in [0.05, 0.1) is 12.7 Å². The molecule has 1 heterocycles. The summed E-state index contributed by atoms with van der Waals surface area (Å²) in [6.45, 7) is 0. The highest BCUT2D eigenvalue weighted by atomic mass is 35.5. The lowest BCUT2D eigenvalue weighted by Crippen LogP contribution is -2.20. The molecule has 1 aliphatic rings. The molecule has 1 aromatic carbocycles. The SMILES string of the molecule is COC(=O)c1c(NC(=S)Nc2cccc(Cl)c2)sc2c1CCCCCC2. The molecule has 0 atom stereocenters. The Morgan fingerprint density at radius 1 is 1.19 bits per heavy atom. The van der Waals surface area contributed by atoms with E-state index < -0.39 is 0 Å². The van der Waals surface area contributed by atoms with Gasteiger partial charge in [0.15, 0.2) is 5.11 Å². The number of rotatable bonds is 3. The van der Waals surface area contributed by atoms with Crippen molar-refractivity contribution in [3.63, 3.8) is 0 Å². The van der Waals surface area contributed by atoms with Gasteiger partial charge in [0.2, 0.25) is 0 Å². The third-order valence-electron chi connectivity index (χ3n) is 4.37. The minimum atomic E-state index is -0.309. The van der Waals surface area contributed by atoms with Gasteiger partial charge in [-0.3, -0.25) is 0 Å². The van der Waals surface area contributed by atoms with E-state index in [4.69, 9.17) is 28.6 Å². The first-order valence-electron chi connectivity index (χ1n) is 8.65. The Bertz CT molecular complexity index is 820. The molecule has 0 spiro atoms. The Balaban J connectivity index is 1.85. The number of hydrogen-bond acceptors (Lipinski definition) is 4. The fraction of sp³-hybridized carbons (Fsp3) is 0.368. The molecule has 1 aliphatic carbocycles. The van der Waals surface area contributed by atoms with Crippen LogP contribution >= 0.6 is 35.2 Å². The van der Waals surface area contributed by atoms with Gasteiger partial charge in [-0.05, 0) is 61.7 Å². The average molecular weight is 409 g/mol. The van der Waals surface area contributed by atoms with Crippen molar-refractivity contribution in [2.24, 2.45) is 0 Å². The van der Waals surface area contributed by atoms with Crippen LogP contribution in [0.15, 0.2) is 24.3 Å². The van der Waals surface area contributed by atoms with Gasteiger partial charge in [0, 0.05) is 15.6 Å². The number of carbonyl (C=O) groups is 1. The Morgan fingerprint density at radius 2 is 1.96 bits per heavy atom. The van der Waals surface area contributed by atoms with Crippen molar-refractivity contribution in [1.82, 2.24) is 0 Å². The smallest absolute Gasteiger partial charge is 0.341 e. The predicted molar refractivity (Wildman–Crippen MR) is 113 cm³/mol. The van der Waals surface area contributed by atoms with Crippen LogP contribution in [0.25, 0.3) is 0 Å². The molecule has 0 saturated heterocycles. The highest BCUT2D eigenvalue weighted by Crippen LogP contribution is 2.37. The first-order chi connectivity index (χ1) is 12.6. The summed E-state index contributed by atoms with van der Waals surface area (Å²) in [6.07, 6.45) is 6.60. The van der Waals surface area contributed by atoms with Crippen LogP contribution in [0.4, 0.5) is 10.7 Å². The molecular formula is C19H21ClN2O2S2. The van der Waals surface area contributed by atoms with Crippen molar-refractivity contribution >= 4 is 56.9 Å². The normalized spacial score (nSPS) is 13.9. The Kier molecular flexibility index (Phi) is 6.51. The topological polar surface area (TPSA) is 50.4 Å². The Labute approximate surface area is 167 Å². The molecule has 0 bridgehead atoms. The molecule has 4 nitrogen and oxygen atoms in total. The second-order valence-electron chi connectivity index (χ2n) is 6.20. The lowest BCUT2D eigenvalue weighted by atomic mass is 9.96. The summed E-state index contributed by atoms with van der Waals surface area (Å²) in [4.78, 5) is 13.7. The summed E-state index contributed by atoms with van der Waals surface area (Å²) >= 11 is 13.0. The number of thiophene rings is 1. The highest BCUT2D eigenvalue weighted by molar-refractivity contribution is 7.80. The number of carbonyl (C=O) groups excluding carboxylic acids is 1. The van der Waals surface area contributed by atoms with Crippen LogP contribution in [0, 0.1) is 0 Å². The first kappa shape index (κ1) is 19.1. The highest BCUT2D eigenvalue weighted by Gasteiger charge is 2.25. The molecule has 0 radical (unpaired) electrons. The molecule has 0 fully saturated rings. The third-order valence-corrected chi connectivity index (χ3v) is 6.02. The minimum absolute atomic E-state index is 0.309. The molecule has 0 saturated carbocycles. The van der Waals surface area contributed by atoms with Crippen LogP contribution in [0.5, 0.6) is 0 Å². The van der Waals surface area contributed by atoms with E-state index in [0.29, 0.717) is 15.7 Å². The molecule has 138 valence electrons. The second-order valence-corrected chi connectivity index (χ2v) is 8.15. The van der Waals surface area contributed by atoms with Gasteiger partial charge in [0.1, 0.15) is 5.00 Å². The number of halogens is 1. The average Bonchev–Trinajstić information content (AvgIpc) is 2.90. The van der Waals surface area contributed by atoms with Gasteiger partial charge >= 0.3 is 5.97 Å². The predicted octanol–water partition coefficient (Wildman–Crippen LogP) is 5.66. The van der Waals surface area contributed by atoms with E-state index >= 15 is 0 Å². The van der Waals surface area contributed by atoms with Crippen molar-refractivity contribution < 1.29 is 9.53 Å². The first-order valence-corrected chi connectivity index (χ1v) is 10.2. The number of ether oxygens (including phenoxy) is 1. The van der Waals surface area contributed by atoms with Gasteiger partial charge in [-0.1, -0.05) is 30.5 Å². The molecule has 26 heavy (non-hydrogen) atoms. The second kappa shape index (κ2) is 8.84. The van der Waals surface area contributed by atoms with E-state index in [1.54, 1.807) is 23.5 Å². The maximum Gasteiger partial charge on any atom is 0.341 e. The standard InChI is InChI=1S/C19H21ClN2O2S2/c1-24-18(23)16-14-9-4-2-3-5-10-15(14)26-17(16)22-19(25)21-13-8-6-7-12(20)11-13/h6-8,11H,2-5,9-10H2,1H3,(H2,21,22,25).